The lowest BCUT2D eigenvalue weighted by atomic mass is 10.1. The van der Waals surface area contributed by atoms with Gasteiger partial charge in [0.2, 0.25) is 10.0 Å². The third-order valence-electron chi connectivity index (χ3n) is 2.68. The molecule has 1 atom stereocenters. The van der Waals surface area contributed by atoms with Crippen molar-refractivity contribution < 1.29 is 8.42 Å². The third kappa shape index (κ3) is 3.38. The van der Waals surface area contributed by atoms with Crippen molar-refractivity contribution in [3.8, 4) is 0 Å². The second kappa shape index (κ2) is 5.79. The second-order valence-corrected chi connectivity index (χ2v) is 6.79. The Morgan fingerprint density at radius 2 is 2.11 bits per heavy atom. The van der Waals surface area contributed by atoms with Gasteiger partial charge in [0.25, 0.3) is 0 Å². The summed E-state index contributed by atoms with van der Waals surface area (Å²) in [7, 11) is -3.51. The van der Waals surface area contributed by atoms with Gasteiger partial charge in [-0.1, -0.05) is 0 Å². The molecule has 0 aromatic carbocycles. The molecule has 0 aliphatic heterocycles. The van der Waals surface area contributed by atoms with E-state index in [1.54, 1.807) is 42.9 Å². The van der Waals surface area contributed by atoms with E-state index in [0.717, 1.165) is 10.4 Å². The largest absolute Gasteiger partial charge is 0.326 e. The number of hydrogen-bond donors (Lipinski definition) is 2. The molecule has 0 fully saturated rings. The summed E-state index contributed by atoms with van der Waals surface area (Å²) in [5.41, 5.74) is 6.36. The van der Waals surface area contributed by atoms with Gasteiger partial charge in [0, 0.05) is 35.2 Å². The zero-order valence-corrected chi connectivity index (χ0v) is 12.0. The van der Waals surface area contributed by atoms with E-state index in [2.05, 4.69) is 9.71 Å². The summed E-state index contributed by atoms with van der Waals surface area (Å²) in [6, 6.07) is 4.86. The first kappa shape index (κ1) is 14.1. The highest BCUT2D eigenvalue weighted by Gasteiger charge is 2.19. The molecule has 0 spiro atoms. The molecular weight excluding hydrogens is 282 g/mol. The highest BCUT2D eigenvalue weighted by molar-refractivity contribution is 7.89. The number of thiophene rings is 1. The molecule has 0 saturated carbocycles. The van der Waals surface area contributed by atoms with Crippen LogP contribution in [0.1, 0.15) is 23.4 Å². The van der Waals surface area contributed by atoms with Gasteiger partial charge in [-0.25, -0.2) is 13.1 Å². The van der Waals surface area contributed by atoms with Gasteiger partial charge in [-0.3, -0.25) is 4.98 Å². The van der Waals surface area contributed by atoms with Crippen molar-refractivity contribution in [2.45, 2.75) is 24.4 Å². The van der Waals surface area contributed by atoms with E-state index in [1.807, 2.05) is 0 Å². The number of hydrogen-bond acceptors (Lipinski definition) is 5. The summed E-state index contributed by atoms with van der Waals surface area (Å²) in [4.78, 5) is 5.01. The molecule has 2 aromatic heterocycles. The predicted octanol–water partition coefficient (Wildman–Crippen LogP) is 1.64. The smallest absolute Gasteiger partial charge is 0.241 e. The highest BCUT2D eigenvalue weighted by atomic mass is 32.2. The summed E-state index contributed by atoms with van der Waals surface area (Å²) in [6.07, 6.45) is 3.27. The van der Waals surface area contributed by atoms with E-state index >= 15 is 0 Å². The molecule has 0 saturated heterocycles. The minimum atomic E-state index is -3.51. The minimum Gasteiger partial charge on any atom is -0.326 e. The Hall–Kier alpha value is -1.28. The molecule has 7 heteroatoms. The fourth-order valence-corrected chi connectivity index (χ4v) is 4.02. The number of nitrogens with two attached hydrogens (primary N) is 1. The molecule has 5 nitrogen and oxygen atoms in total. The fourth-order valence-electron chi connectivity index (χ4n) is 1.63. The van der Waals surface area contributed by atoms with Gasteiger partial charge in [-0.15, -0.1) is 11.3 Å². The maximum atomic E-state index is 12.2. The second-order valence-electron chi connectivity index (χ2n) is 4.08. The standard InChI is InChI=1S/C12H15N3O2S2/c1-9(10-2-4-14-5-3-10)15-19(16,17)12-6-11(7-13)18-8-12/h2-6,8-9,15H,7,13H2,1H3. The van der Waals surface area contributed by atoms with E-state index in [0.29, 0.717) is 6.54 Å². The molecule has 1 unspecified atom stereocenters. The average molecular weight is 297 g/mol. The van der Waals surface area contributed by atoms with Gasteiger partial charge in [0.15, 0.2) is 0 Å². The van der Waals surface area contributed by atoms with Crippen LogP contribution in [0.2, 0.25) is 0 Å². The van der Waals surface area contributed by atoms with E-state index in [1.165, 1.54) is 11.3 Å². The van der Waals surface area contributed by atoms with Gasteiger partial charge >= 0.3 is 0 Å². The van der Waals surface area contributed by atoms with Crippen LogP contribution in [0, 0.1) is 0 Å². The van der Waals surface area contributed by atoms with Crippen LogP contribution in [0.5, 0.6) is 0 Å². The van der Waals surface area contributed by atoms with Crippen molar-refractivity contribution in [2.24, 2.45) is 5.73 Å². The van der Waals surface area contributed by atoms with Crippen LogP contribution >= 0.6 is 11.3 Å². The van der Waals surface area contributed by atoms with E-state index < -0.39 is 10.0 Å². The summed E-state index contributed by atoms with van der Waals surface area (Å²) in [6.45, 7) is 2.14. The molecule has 3 N–H and O–H groups in total. The van der Waals surface area contributed by atoms with E-state index in [9.17, 15) is 8.42 Å². The Labute approximate surface area is 116 Å². The molecule has 2 heterocycles. The monoisotopic (exact) mass is 297 g/mol. The Bertz CT molecular complexity index is 638. The van der Waals surface area contributed by atoms with Crippen molar-refractivity contribution in [2.75, 3.05) is 0 Å². The van der Waals surface area contributed by atoms with Crippen molar-refractivity contribution in [3.05, 3.63) is 46.4 Å². The SMILES string of the molecule is CC(NS(=O)(=O)c1csc(CN)c1)c1ccncc1. The van der Waals surface area contributed by atoms with Crippen LogP contribution in [-0.2, 0) is 16.6 Å². The molecule has 0 radical (unpaired) electrons. The normalized spacial score (nSPS) is 13.4. The lowest BCUT2D eigenvalue weighted by molar-refractivity contribution is 0.567. The van der Waals surface area contributed by atoms with E-state index in [4.69, 9.17) is 5.73 Å². The fraction of sp³-hybridized carbons (Fsp3) is 0.250. The van der Waals surface area contributed by atoms with Gasteiger partial charge in [-0.05, 0) is 30.7 Å². The predicted molar refractivity (Wildman–Crippen MR) is 75.2 cm³/mol. The summed E-state index contributed by atoms with van der Waals surface area (Å²) in [5.74, 6) is 0. The quantitative estimate of drug-likeness (QED) is 0.878. The first-order valence-corrected chi connectivity index (χ1v) is 8.09. The molecular formula is C12H15N3O2S2. The van der Waals surface area contributed by atoms with Crippen LogP contribution in [0.4, 0.5) is 0 Å². The topological polar surface area (TPSA) is 85.1 Å². The summed E-state index contributed by atoms with van der Waals surface area (Å²) < 4.78 is 27.0. The van der Waals surface area contributed by atoms with E-state index in [-0.39, 0.29) is 10.9 Å². The zero-order chi connectivity index (χ0) is 13.9. The van der Waals surface area contributed by atoms with Gasteiger partial charge in [0.05, 0.1) is 4.90 Å². The maximum absolute atomic E-state index is 12.2. The average Bonchev–Trinajstić information content (AvgIpc) is 2.89. The van der Waals surface area contributed by atoms with Crippen LogP contribution in [0.25, 0.3) is 0 Å². The number of nitrogens with zero attached hydrogens (tertiary/aromatic N) is 1. The Morgan fingerprint density at radius 1 is 1.42 bits per heavy atom. The Kier molecular flexibility index (Phi) is 4.31. The maximum Gasteiger partial charge on any atom is 0.241 e. The molecule has 2 rings (SSSR count). The minimum absolute atomic E-state index is 0.263. The van der Waals surface area contributed by atoms with Crippen molar-refractivity contribution in [1.29, 1.82) is 0 Å². The first-order chi connectivity index (χ1) is 9.03. The van der Waals surface area contributed by atoms with Gasteiger partial charge < -0.3 is 5.73 Å². The van der Waals surface area contributed by atoms with Crippen molar-refractivity contribution in [1.82, 2.24) is 9.71 Å². The molecule has 19 heavy (non-hydrogen) atoms. The Balaban J connectivity index is 2.17. The zero-order valence-electron chi connectivity index (χ0n) is 10.4. The molecule has 0 aliphatic rings. The third-order valence-corrected chi connectivity index (χ3v) is 5.31. The summed E-state index contributed by atoms with van der Waals surface area (Å²) >= 11 is 1.35. The highest BCUT2D eigenvalue weighted by Crippen LogP contribution is 2.21. The number of pyridine rings is 1. The van der Waals surface area contributed by atoms with Crippen LogP contribution in [0.3, 0.4) is 0 Å². The number of sulfonamides is 1. The molecule has 0 aliphatic carbocycles. The van der Waals surface area contributed by atoms with Crippen LogP contribution < -0.4 is 10.5 Å². The number of aromatic nitrogens is 1. The first-order valence-electron chi connectivity index (χ1n) is 5.72. The van der Waals surface area contributed by atoms with Crippen LogP contribution in [-0.4, -0.2) is 13.4 Å². The van der Waals surface area contributed by atoms with Gasteiger partial charge in [0.1, 0.15) is 0 Å². The van der Waals surface area contributed by atoms with Crippen molar-refractivity contribution in [3.63, 3.8) is 0 Å². The Morgan fingerprint density at radius 3 is 2.68 bits per heavy atom. The molecule has 102 valence electrons. The lowest BCUT2D eigenvalue weighted by Gasteiger charge is -2.13. The number of rotatable bonds is 5. The van der Waals surface area contributed by atoms with Crippen molar-refractivity contribution >= 4 is 21.4 Å². The lowest BCUT2D eigenvalue weighted by Crippen LogP contribution is -2.26. The molecule has 0 amide bonds. The van der Waals surface area contributed by atoms with Crippen LogP contribution in [0.15, 0.2) is 40.9 Å². The molecule has 0 bridgehead atoms. The van der Waals surface area contributed by atoms with Gasteiger partial charge in [-0.2, -0.15) is 0 Å². The summed E-state index contributed by atoms with van der Waals surface area (Å²) in [5, 5.41) is 1.60. The number of nitrogens with one attached hydrogen (secondary N) is 1. The molecule has 2 aromatic rings.